The fourth-order valence-corrected chi connectivity index (χ4v) is 0. The minimum atomic E-state index is -4.61. The van der Waals surface area contributed by atoms with E-state index in [1.165, 1.54) is 0 Å². The Morgan fingerprint density at radius 2 is 0.389 bits per heavy atom. The van der Waals surface area contributed by atoms with Gasteiger partial charge in [-0.1, -0.05) is 0 Å². The van der Waals surface area contributed by atoms with Gasteiger partial charge in [0.15, 0.2) is 0 Å². The molecule has 0 saturated heterocycles. The van der Waals surface area contributed by atoms with Gasteiger partial charge in [-0.25, -0.2) is 0 Å². The van der Waals surface area contributed by atoms with E-state index in [0.29, 0.717) is 0 Å². The molecule has 0 saturated carbocycles. The van der Waals surface area contributed by atoms with Crippen molar-refractivity contribution in [2.45, 2.75) is 0 Å². The predicted molar refractivity (Wildman–Crippen MR) is 46.5 cm³/mol. The quantitative estimate of drug-likeness (QED) is 0.161. The minimum Gasteiger partial charge on any atom is -1.00 e. The number of hydrogen-bond donors (Lipinski definition) is 8. The van der Waals surface area contributed by atoms with Gasteiger partial charge >= 0.3 is 55.8 Å². The van der Waals surface area contributed by atoms with Crippen molar-refractivity contribution >= 4 is 18.1 Å². The third-order valence-corrected chi connectivity index (χ3v) is 0. The maximum absolute atomic E-state index is 7.33. The molecule has 0 aromatic heterocycles. The van der Waals surface area contributed by atoms with Gasteiger partial charge in [0.05, 0.1) is 0 Å². The van der Waals surface area contributed by atoms with Crippen LogP contribution in [0.1, 0.15) is 2.85 Å². The van der Waals surface area contributed by atoms with Crippen molar-refractivity contribution < 1.29 is 107 Å². The zero-order chi connectivity index (χ0) is 9.00. The first-order chi connectivity index (χ1) is 4.00. The molecule has 0 amide bonds. The molecule has 0 aromatic carbocycles. The zero-order valence-electron chi connectivity index (χ0n) is 11.0. The average molecular weight is 328 g/mol. The smallest absolute Gasteiger partial charge is 1.00 e. The molecule has 8 nitrogen and oxygen atoms in total. The van der Waals surface area contributed by atoms with Crippen molar-refractivity contribution in [2.24, 2.45) is 0 Å². The first-order valence-electron chi connectivity index (χ1n) is 1.79. The molecule has 18 heavy (non-hydrogen) atoms. The number of rotatable bonds is 0. The van der Waals surface area contributed by atoms with Crippen molar-refractivity contribution in [1.29, 1.82) is 0 Å². The predicted octanol–water partition coefficient (Wildman–Crippen LogP) is -10.1. The van der Waals surface area contributed by atoms with Crippen LogP contribution in [0.4, 0.5) is 28.2 Å². The Labute approximate surface area is 125 Å². The fraction of sp³-hybridized carbons (Fsp3) is 0. The molecule has 0 heterocycles. The standard InChI is InChI=1S/6FH.2Li.2H4O4Si.2H/c;;;;;;;;2*1-5(2,3)4;;/h6*1H;;;2*1-4H;;/q;;;;;;2*+1;;;2*-1. The molecule has 0 aromatic rings. The summed E-state index contributed by atoms with van der Waals surface area (Å²) in [4.78, 5) is 58.6. The Hall–Kier alpha value is 0.889. The van der Waals surface area contributed by atoms with E-state index >= 15 is 0 Å². The molecule has 18 heteroatoms. The van der Waals surface area contributed by atoms with Gasteiger partial charge in [-0.2, -0.15) is 0 Å². The molecule has 0 aliphatic rings. The van der Waals surface area contributed by atoms with E-state index in [1.54, 1.807) is 0 Å². The van der Waals surface area contributed by atoms with Crippen molar-refractivity contribution in [3.8, 4) is 0 Å². The average Bonchev–Trinajstić information content (AvgIpc) is 1.12. The van der Waals surface area contributed by atoms with Crippen LogP contribution in [0.2, 0.25) is 0 Å². The maximum atomic E-state index is 7.33. The van der Waals surface area contributed by atoms with E-state index in [4.69, 9.17) is 38.4 Å². The molecule has 0 aliphatic heterocycles. The third kappa shape index (κ3) is 5400. The molecule has 0 bridgehead atoms. The Morgan fingerprint density at radius 3 is 0.389 bits per heavy atom. The summed E-state index contributed by atoms with van der Waals surface area (Å²) in [5.41, 5.74) is 0. The van der Waals surface area contributed by atoms with Crippen LogP contribution in [0.25, 0.3) is 0 Å². The maximum Gasteiger partial charge on any atom is 1.00 e. The molecule has 0 rings (SSSR count). The first-order valence-corrected chi connectivity index (χ1v) is 5.37. The Bertz CT molecular complexity index is 83.9. The van der Waals surface area contributed by atoms with Crippen molar-refractivity contribution in [3.05, 3.63) is 0 Å². The molecule has 0 radical (unpaired) electrons. The fourth-order valence-electron chi connectivity index (χ4n) is 0. The first kappa shape index (κ1) is 76.5. The van der Waals surface area contributed by atoms with Crippen LogP contribution in [-0.2, 0) is 0 Å². The van der Waals surface area contributed by atoms with Crippen LogP contribution in [0.5, 0.6) is 0 Å². The van der Waals surface area contributed by atoms with E-state index in [-0.39, 0.29) is 68.8 Å². The molecular formula is H16F6Li2O8Si2. The second-order valence-corrected chi connectivity index (χ2v) is 3.60. The van der Waals surface area contributed by atoms with Crippen LogP contribution >= 0.6 is 0 Å². The molecule has 0 atom stereocenters. The van der Waals surface area contributed by atoms with Gasteiger partial charge in [0.25, 0.3) is 0 Å². The zero-order valence-corrected chi connectivity index (χ0v) is 11.0. The summed E-state index contributed by atoms with van der Waals surface area (Å²) in [6.45, 7) is 0. The SMILES string of the molecule is F.F.F.F.F.F.O[Si](O)(O)O.O[Si](O)(O)O.[H-].[H-].[Li+].[Li+]. The van der Waals surface area contributed by atoms with Crippen molar-refractivity contribution in [3.63, 3.8) is 0 Å². The molecule has 0 fully saturated rings. The van der Waals surface area contributed by atoms with Crippen LogP contribution in [0.15, 0.2) is 0 Å². The second kappa shape index (κ2) is 30.7. The van der Waals surface area contributed by atoms with E-state index in [9.17, 15) is 0 Å². The molecule has 0 unspecified atom stereocenters. The third-order valence-electron chi connectivity index (χ3n) is 0. The van der Waals surface area contributed by atoms with E-state index in [0.717, 1.165) is 0 Å². The van der Waals surface area contributed by atoms with Crippen molar-refractivity contribution in [2.75, 3.05) is 0 Å². The molecule has 8 N–H and O–H groups in total. The van der Waals surface area contributed by atoms with Gasteiger partial charge in [-0.15, -0.1) is 0 Å². The Balaban J connectivity index is -0.00000000427. The van der Waals surface area contributed by atoms with Gasteiger partial charge < -0.3 is 41.2 Å². The summed E-state index contributed by atoms with van der Waals surface area (Å²) < 4.78 is 0. The number of halogens is 6. The van der Waals surface area contributed by atoms with Gasteiger partial charge in [-0.3, -0.25) is 28.2 Å². The summed E-state index contributed by atoms with van der Waals surface area (Å²) in [6, 6.07) is 0. The van der Waals surface area contributed by atoms with Crippen LogP contribution in [0, 0.1) is 0 Å². The Kier molecular flexibility index (Phi) is 131. The normalized spacial score (nSPS) is 6.67. The summed E-state index contributed by atoms with van der Waals surface area (Å²) in [7, 11) is -9.22. The van der Waals surface area contributed by atoms with E-state index in [2.05, 4.69) is 0 Å². The molecule has 0 spiro atoms. The molecule has 0 aliphatic carbocycles. The minimum absolute atomic E-state index is 0. The van der Waals surface area contributed by atoms with Gasteiger partial charge in [0, 0.05) is 0 Å². The van der Waals surface area contributed by atoms with Crippen molar-refractivity contribution in [1.82, 2.24) is 0 Å². The second-order valence-electron chi connectivity index (χ2n) is 1.20. The summed E-state index contributed by atoms with van der Waals surface area (Å²) in [5, 5.41) is 0. The number of hydrogen-bond acceptors (Lipinski definition) is 8. The van der Waals surface area contributed by atoms with E-state index < -0.39 is 18.1 Å². The van der Waals surface area contributed by atoms with Gasteiger partial charge in [0.1, 0.15) is 0 Å². The summed E-state index contributed by atoms with van der Waals surface area (Å²) in [5.74, 6) is 0. The van der Waals surface area contributed by atoms with Gasteiger partial charge in [-0.05, 0) is 0 Å². The van der Waals surface area contributed by atoms with Gasteiger partial charge in [0.2, 0.25) is 0 Å². The monoisotopic (exact) mass is 328 g/mol. The molecule has 116 valence electrons. The largest absolute Gasteiger partial charge is 1.00 e. The Morgan fingerprint density at radius 1 is 0.389 bits per heavy atom. The molecular weight excluding hydrogens is 312 g/mol. The van der Waals surface area contributed by atoms with Crippen LogP contribution < -0.4 is 37.7 Å². The van der Waals surface area contributed by atoms with Crippen LogP contribution in [0.3, 0.4) is 0 Å². The topological polar surface area (TPSA) is 162 Å². The summed E-state index contributed by atoms with van der Waals surface area (Å²) >= 11 is 0. The van der Waals surface area contributed by atoms with E-state index in [1.807, 2.05) is 0 Å². The van der Waals surface area contributed by atoms with Crippen LogP contribution in [-0.4, -0.2) is 56.5 Å². The summed E-state index contributed by atoms with van der Waals surface area (Å²) in [6.07, 6.45) is 0.